The Labute approximate surface area is 160 Å². The zero-order valence-corrected chi connectivity index (χ0v) is 16.8. The number of aliphatic hydroxyl groups excluding tert-OH is 3. The van der Waals surface area contributed by atoms with E-state index in [1.165, 1.54) is 77.0 Å². The predicted molar refractivity (Wildman–Crippen MR) is 104 cm³/mol. The smallest absolute Gasteiger partial charge is 0.186 e. The molecule has 4 unspecified atom stereocenters. The van der Waals surface area contributed by atoms with Crippen molar-refractivity contribution in [2.75, 3.05) is 13.2 Å². The van der Waals surface area contributed by atoms with Crippen LogP contribution in [0.1, 0.15) is 96.8 Å². The van der Waals surface area contributed by atoms with Crippen molar-refractivity contribution < 1.29 is 24.8 Å². The molecule has 1 fully saturated rings. The average molecular weight is 375 g/mol. The Bertz CT molecular complexity index is 313. The molecule has 0 amide bonds. The first-order valence-corrected chi connectivity index (χ1v) is 10.9. The highest BCUT2D eigenvalue weighted by Gasteiger charge is 2.37. The summed E-state index contributed by atoms with van der Waals surface area (Å²) in [4.78, 5) is 0. The predicted octanol–water partition coefficient (Wildman–Crippen LogP) is 3.92. The van der Waals surface area contributed by atoms with Gasteiger partial charge in [-0.15, -0.1) is 0 Å². The zero-order valence-electron chi connectivity index (χ0n) is 16.8. The second kappa shape index (κ2) is 15.8. The van der Waals surface area contributed by atoms with Crippen molar-refractivity contribution >= 4 is 0 Å². The number of rotatable bonds is 16. The van der Waals surface area contributed by atoms with Crippen molar-refractivity contribution in [1.82, 2.24) is 0 Å². The van der Waals surface area contributed by atoms with Gasteiger partial charge in [-0.2, -0.15) is 0 Å². The molecular weight excluding hydrogens is 332 g/mol. The topological polar surface area (TPSA) is 79.2 Å². The van der Waals surface area contributed by atoms with E-state index < -0.39 is 24.6 Å². The molecule has 156 valence electrons. The van der Waals surface area contributed by atoms with Crippen LogP contribution in [-0.2, 0) is 9.47 Å². The molecule has 0 aromatic heterocycles. The van der Waals surface area contributed by atoms with Gasteiger partial charge in [0, 0.05) is 6.61 Å². The summed E-state index contributed by atoms with van der Waals surface area (Å²) in [5, 5.41) is 28.7. The first-order valence-electron chi connectivity index (χ1n) is 10.9. The lowest BCUT2D eigenvalue weighted by molar-refractivity contribution is -0.270. The minimum atomic E-state index is -1.19. The zero-order chi connectivity index (χ0) is 19.0. The molecule has 5 heteroatoms. The molecule has 0 aromatic rings. The fraction of sp³-hybridized carbons (Fsp3) is 1.00. The molecule has 1 aliphatic rings. The van der Waals surface area contributed by atoms with Gasteiger partial charge in [0.25, 0.3) is 0 Å². The summed E-state index contributed by atoms with van der Waals surface area (Å²) in [6, 6.07) is 0. The van der Waals surface area contributed by atoms with E-state index in [1.807, 2.05) is 0 Å². The lowest BCUT2D eigenvalue weighted by Crippen LogP contribution is -2.53. The maximum Gasteiger partial charge on any atom is 0.186 e. The SMILES string of the molecule is CCCCCCCCCCCCCCCCOC1OCC(O)C(O)C1O. The third kappa shape index (κ3) is 10.8. The van der Waals surface area contributed by atoms with Crippen LogP contribution in [0, 0.1) is 0 Å². The number of aliphatic hydroxyl groups is 3. The molecule has 0 radical (unpaired) electrons. The van der Waals surface area contributed by atoms with Gasteiger partial charge in [0.2, 0.25) is 0 Å². The van der Waals surface area contributed by atoms with Gasteiger partial charge in [-0.1, -0.05) is 90.4 Å². The van der Waals surface area contributed by atoms with E-state index >= 15 is 0 Å². The third-order valence-electron chi connectivity index (χ3n) is 5.23. The van der Waals surface area contributed by atoms with Crippen molar-refractivity contribution in [3.05, 3.63) is 0 Å². The summed E-state index contributed by atoms with van der Waals surface area (Å²) in [7, 11) is 0. The van der Waals surface area contributed by atoms with E-state index in [-0.39, 0.29) is 6.61 Å². The van der Waals surface area contributed by atoms with Gasteiger partial charge in [-0.3, -0.25) is 0 Å². The Hall–Kier alpha value is -0.200. The molecule has 1 aliphatic heterocycles. The molecule has 4 atom stereocenters. The first-order chi connectivity index (χ1) is 12.7. The van der Waals surface area contributed by atoms with Crippen molar-refractivity contribution in [1.29, 1.82) is 0 Å². The highest BCUT2D eigenvalue weighted by atomic mass is 16.7. The molecule has 0 bridgehead atoms. The minimum absolute atomic E-state index is 0.00162. The number of hydrogen-bond acceptors (Lipinski definition) is 5. The number of unbranched alkanes of at least 4 members (excludes halogenated alkanes) is 13. The fourth-order valence-corrected chi connectivity index (χ4v) is 3.42. The number of hydrogen-bond donors (Lipinski definition) is 3. The van der Waals surface area contributed by atoms with Crippen molar-refractivity contribution in [2.45, 2.75) is 121 Å². The van der Waals surface area contributed by atoms with Crippen LogP contribution in [0.15, 0.2) is 0 Å². The Balaban J connectivity index is 1.80. The highest BCUT2D eigenvalue weighted by molar-refractivity contribution is 4.82. The first kappa shape index (κ1) is 23.8. The van der Waals surface area contributed by atoms with Gasteiger partial charge in [0.1, 0.15) is 18.3 Å². The van der Waals surface area contributed by atoms with E-state index in [4.69, 9.17) is 9.47 Å². The maximum atomic E-state index is 9.76. The van der Waals surface area contributed by atoms with Gasteiger partial charge in [-0.25, -0.2) is 0 Å². The molecule has 1 rings (SSSR count). The quantitative estimate of drug-likeness (QED) is 0.357. The fourth-order valence-electron chi connectivity index (χ4n) is 3.42. The third-order valence-corrected chi connectivity index (χ3v) is 5.23. The molecule has 0 saturated carbocycles. The van der Waals surface area contributed by atoms with Crippen molar-refractivity contribution in [3.63, 3.8) is 0 Å². The molecule has 1 heterocycles. The van der Waals surface area contributed by atoms with E-state index in [9.17, 15) is 15.3 Å². The summed E-state index contributed by atoms with van der Waals surface area (Å²) in [5.74, 6) is 0. The molecule has 0 spiro atoms. The maximum absolute atomic E-state index is 9.76. The van der Waals surface area contributed by atoms with E-state index in [1.54, 1.807) is 0 Å². The van der Waals surface area contributed by atoms with Crippen LogP contribution in [0.4, 0.5) is 0 Å². The number of ether oxygens (including phenoxy) is 2. The summed E-state index contributed by atoms with van der Waals surface area (Å²) < 4.78 is 10.7. The van der Waals surface area contributed by atoms with Crippen LogP contribution in [0.25, 0.3) is 0 Å². The largest absolute Gasteiger partial charge is 0.388 e. The second-order valence-electron chi connectivity index (χ2n) is 7.72. The van der Waals surface area contributed by atoms with Crippen LogP contribution in [0.3, 0.4) is 0 Å². The van der Waals surface area contributed by atoms with E-state index in [2.05, 4.69) is 6.92 Å². The minimum Gasteiger partial charge on any atom is -0.388 e. The molecule has 0 aromatic carbocycles. The second-order valence-corrected chi connectivity index (χ2v) is 7.72. The molecular formula is C21H42O5. The Morgan fingerprint density at radius 2 is 1.15 bits per heavy atom. The monoisotopic (exact) mass is 374 g/mol. The summed E-state index contributed by atoms with van der Waals surface area (Å²) in [6.45, 7) is 2.78. The van der Waals surface area contributed by atoms with Gasteiger partial charge in [0.05, 0.1) is 6.61 Å². The normalized spacial score (nSPS) is 26.3. The van der Waals surface area contributed by atoms with Crippen molar-refractivity contribution in [2.24, 2.45) is 0 Å². The highest BCUT2D eigenvalue weighted by Crippen LogP contribution is 2.17. The van der Waals surface area contributed by atoms with E-state index in [0.717, 1.165) is 12.8 Å². The van der Waals surface area contributed by atoms with Gasteiger partial charge in [-0.05, 0) is 6.42 Å². The lowest BCUT2D eigenvalue weighted by Gasteiger charge is -2.34. The van der Waals surface area contributed by atoms with Crippen molar-refractivity contribution in [3.8, 4) is 0 Å². The van der Waals surface area contributed by atoms with Gasteiger partial charge in [0.15, 0.2) is 6.29 Å². The van der Waals surface area contributed by atoms with Crippen LogP contribution in [-0.4, -0.2) is 53.1 Å². The van der Waals surface area contributed by atoms with Gasteiger partial charge >= 0.3 is 0 Å². The summed E-state index contributed by atoms with van der Waals surface area (Å²) in [6.07, 6.45) is 14.1. The summed E-state index contributed by atoms with van der Waals surface area (Å²) in [5.41, 5.74) is 0. The molecule has 1 saturated heterocycles. The molecule has 0 aliphatic carbocycles. The van der Waals surface area contributed by atoms with Crippen LogP contribution in [0.5, 0.6) is 0 Å². The van der Waals surface area contributed by atoms with Crippen LogP contribution in [0.2, 0.25) is 0 Å². The summed E-state index contributed by atoms with van der Waals surface area (Å²) >= 11 is 0. The van der Waals surface area contributed by atoms with E-state index in [0.29, 0.717) is 6.61 Å². The Kier molecular flexibility index (Phi) is 14.5. The van der Waals surface area contributed by atoms with Gasteiger partial charge < -0.3 is 24.8 Å². The standard InChI is InChI=1S/C21H42O5/c1-2-3-4-5-6-7-8-9-10-11-12-13-14-15-16-25-21-20(24)19(23)18(22)17-26-21/h18-24H,2-17H2,1H3. The molecule has 5 nitrogen and oxygen atoms in total. The van der Waals surface area contributed by atoms with Crippen LogP contribution >= 0.6 is 0 Å². The van der Waals surface area contributed by atoms with Crippen LogP contribution < -0.4 is 0 Å². The Morgan fingerprint density at radius 3 is 1.65 bits per heavy atom. The molecule has 3 N–H and O–H groups in total. The average Bonchev–Trinajstić information content (AvgIpc) is 2.64. The molecule has 26 heavy (non-hydrogen) atoms. The lowest BCUT2D eigenvalue weighted by atomic mass is 10.0. The Morgan fingerprint density at radius 1 is 0.692 bits per heavy atom.